The first-order valence-corrected chi connectivity index (χ1v) is 6.92. The van der Waals surface area contributed by atoms with Gasteiger partial charge in [-0.25, -0.2) is 0 Å². The third-order valence-corrected chi connectivity index (χ3v) is 4.54. The second-order valence-corrected chi connectivity index (χ2v) is 5.66. The Morgan fingerprint density at radius 2 is 2.15 bits per heavy atom. The number of aliphatic hydroxyl groups excluding tert-OH is 1. The normalized spacial score (nSPS) is 26.6. The summed E-state index contributed by atoms with van der Waals surface area (Å²) < 4.78 is 0. The molecule has 0 spiro atoms. The molecule has 6 heteroatoms. The van der Waals surface area contributed by atoms with Gasteiger partial charge in [-0.05, 0) is 24.5 Å². The number of aliphatic hydroxyl groups is 1. The molecule has 3 rings (SSSR count). The Hall–Kier alpha value is -1.43. The minimum Gasteiger partial charge on any atom is -0.374 e. The van der Waals surface area contributed by atoms with Gasteiger partial charge in [0.2, 0.25) is 11.8 Å². The van der Waals surface area contributed by atoms with Crippen LogP contribution < -0.4 is 5.32 Å². The predicted octanol–water partition coefficient (Wildman–Crippen LogP) is 1.26. The monoisotopic (exact) mass is 294 g/mol. The highest BCUT2D eigenvalue weighted by Gasteiger charge is 2.40. The number of carbonyl (C=O) groups is 2. The number of halogens is 1. The number of carbonyl (C=O) groups excluding carboxylic acids is 2. The average molecular weight is 295 g/mol. The van der Waals surface area contributed by atoms with Crippen LogP contribution in [0.4, 0.5) is 0 Å². The lowest BCUT2D eigenvalue weighted by Gasteiger charge is -2.31. The first-order valence-electron chi connectivity index (χ1n) is 6.54. The number of amides is 2. The van der Waals surface area contributed by atoms with E-state index in [0.29, 0.717) is 24.4 Å². The van der Waals surface area contributed by atoms with Crippen LogP contribution in [0.2, 0.25) is 5.02 Å². The maximum atomic E-state index is 11.9. The number of rotatable bonds is 1. The number of piperidine rings is 1. The van der Waals surface area contributed by atoms with E-state index in [2.05, 4.69) is 5.32 Å². The van der Waals surface area contributed by atoms with E-state index in [1.54, 1.807) is 4.90 Å². The Kier molecular flexibility index (Phi) is 3.28. The van der Waals surface area contributed by atoms with E-state index in [4.69, 9.17) is 11.6 Å². The van der Waals surface area contributed by atoms with E-state index in [1.807, 2.05) is 19.1 Å². The van der Waals surface area contributed by atoms with Crippen LogP contribution in [-0.2, 0) is 16.1 Å². The number of hydrogen-bond acceptors (Lipinski definition) is 4. The Labute approximate surface area is 121 Å². The van der Waals surface area contributed by atoms with Crippen LogP contribution in [0.25, 0.3) is 0 Å². The zero-order valence-corrected chi connectivity index (χ0v) is 11.8. The van der Waals surface area contributed by atoms with Gasteiger partial charge >= 0.3 is 0 Å². The molecule has 2 aliphatic rings. The van der Waals surface area contributed by atoms with Gasteiger partial charge < -0.3 is 5.11 Å². The molecule has 2 N–H and O–H groups in total. The van der Waals surface area contributed by atoms with Crippen molar-refractivity contribution < 1.29 is 14.7 Å². The Bertz CT molecular complexity index is 602. The van der Waals surface area contributed by atoms with Crippen LogP contribution in [0.5, 0.6) is 0 Å². The highest BCUT2D eigenvalue weighted by atomic mass is 35.5. The Balaban J connectivity index is 1.90. The van der Waals surface area contributed by atoms with Gasteiger partial charge in [0, 0.05) is 23.6 Å². The molecule has 2 heterocycles. The summed E-state index contributed by atoms with van der Waals surface area (Å²) in [5.74, 6) is -0.604. The number of fused-ring (bicyclic) bond motifs is 1. The van der Waals surface area contributed by atoms with Gasteiger partial charge in [0.25, 0.3) is 0 Å². The van der Waals surface area contributed by atoms with Gasteiger partial charge in [0.05, 0.1) is 6.04 Å². The molecule has 1 fully saturated rings. The van der Waals surface area contributed by atoms with Crippen LogP contribution in [-0.4, -0.2) is 27.9 Å². The van der Waals surface area contributed by atoms with Crippen molar-refractivity contribution in [3.8, 4) is 0 Å². The van der Waals surface area contributed by atoms with Crippen LogP contribution in [0.15, 0.2) is 12.1 Å². The van der Waals surface area contributed by atoms with Crippen molar-refractivity contribution >= 4 is 23.4 Å². The highest BCUT2D eigenvalue weighted by molar-refractivity contribution is 6.32. The van der Waals surface area contributed by atoms with Gasteiger partial charge in [-0.15, -0.1) is 0 Å². The average Bonchev–Trinajstić information content (AvgIpc) is 2.72. The zero-order chi connectivity index (χ0) is 14.4. The molecule has 2 atom stereocenters. The summed E-state index contributed by atoms with van der Waals surface area (Å²) in [4.78, 5) is 24.8. The fourth-order valence-electron chi connectivity index (χ4n) is 2.88. The standard InChI is InChI=1S/C14H15ClN2O3/c1-7-2-3-8-9(12(7)15)6-17(14(8)20)10-4-5-11(18)16-13(10)19/h2-3,10,14,20H,4-6H2,1H3,(H,16,18,19). The second-order valence-electron chi connectivity index (χ2n) is 5.28. The molecule has 0 aliphatic carbocycles. The number of imide groups is 1. The Morgan fingerprint density at radius 3 is 2.85 bits per heavy atom. The maximum Gasteiger partial charge on any atom is 0.244 e. The lowest BCUT2D eigenvalue weighted by Crippen LogP contribution is -2.51. The van der Waals surface area contributed by atoms with Crippen molar-refractivity contribution in [1.82, 2.24) is 10.2 Å². The van der Waals surface area contributed by atoms with Gasteiger partial charge in [-0.2, -0.15) is 0 Å². The number of nitrogens with one attached hydrogen (secondary N) is 1. The summed E-state index contributed by atoms with van der Waals surface area (Å²) in [6.45, 7) is 2.33. The smallest absolute Gasteiger partial charge is 0.244 e. The van der Waals surface area contributed by atoms with Crippen molar-refractivity contribution in [2.75, 3.05) is 0 Å². The molecule has 0 saturated carbocycles. The number of hydrogen-bond donors (Lipinski definition) is 2. The quantitative estimate of drug-likeness (QED) is 0.765. The predicted molar refractivity (Wildman–Crippen MR) is 72.9 cm³/mol. The molecule has 0 bridgehead atoms. The summed E-state index contributed by atoms with van der Waals surface area (Å²) in [5.41, 5.74) is 2.55. The molecule has 1 aromatic rings. The third-order valence-electron chi connectivity index (χ3n) is 4.02. The summed E-state index contributed by atoms with van der Waals surface area (Å²) >= 11 is 6.28. The van der Waals surface area contributed by atoms with E-state index in [9.17, 15) is 14.7 Å². The molecular formula is C14H15ClN2O3. The van der Waals surface area contributed by atoms with Crippen LogP contribution in [0.3, 0.4) is 0 Å². The van der Waals surface area contributed by atoms with E-state index >= 15 is 0 Å². The number of aryl methyl sites for hydroxylation is 1. The zero-order valence-electron chi connectivity index (χ0n) is 11.0. The molecule has 1 aromatic carbocycles. The SMILES string of the molecule is Cc1ccc2c(c1Cl)CN(C1CCC(=O)NC1=O)C2O. The minimum absolute atomic E-state index is 0.258. The molecule has 5 nitrogen and oxygen atoms in total. The molecule has 20 heavy (non-hydrogen) atoms. The van der Waals surface area contributed by atoms with Crippen molar-refractivity contribution in [2.24, 2.45) is 0 Å². The second kappa shape index (κ2) is 4.84. The number of nitrogens with zero attached hydrogens (tertiary/aromatic N) is 1. The van der Waals surface area contributed by atoms with Crippen LogP contribution >= 0.6 is 11.6 Å². The van der Waals surface area contributed by atoms with Gasteiger partial charge in [-0.1, -0.05) is 23.7 Å². The lowest BCUT2D eigenvalue weighted by molar-refractivity contribution is -0.141. The van der Waals surface area contributed by atoms with E-state index in [1.165, 1.54) is 0 Å². The largest absolute Gasteiger partial charge is 0.374 e. The van der Waals surface area contributed by atoms with Crippen molar-refractivity contribution in [2.45, 2.75) is 38.6 Å². The fraction of sp³-hybridized carbons (Fsp3) is 0.429. The van der Waals surface area contributed by atoms with E-state index in [-0.39, 0.29) is 11.8 Å². The third kappa shape index (κ3) is 2.02. The molecule has 2 aliphatic heterocycles. The molecule has 0 radical (unpaired) electrons. The first-order chi connectivity index (χ1) is 9.49. The van der Waals surface area contributed by atoms with Gasteiger partial charge in [-0.3, -0.25) is 19.8 Å². The van der Waals surface area contributed by atoms with Crippen molar-refractivity contribution in [1.29, 1.82) is 0 Å². The van der Waals surface area contributed by atoms with Crippen molar-refractivity contribution in [3.05, 3.63) is 33.8 Å². The summed E-state index contributed by atoms with van der Waals surface area (Å²) in [5, 5.41) is 13.3. The maximum absolute atomic E-state index is 11.9. The highest BCUT2D eigenvalue weighted by Crippen LogP contribution is 2.39. The van der Waals surface area contributed by atoms with E-state index < -0.39 is 12.3 Å². The molecule has 2 unspecified atom stereocenters. The summed E-state index contributed by atoms with van der Waals surface area (Å²) in [6, 6.07) is 3.21. The molecule has 106 valence electrons. The molecule has 1 saturated heterocycles. The fourth-order valence-corrected chi connectivity index (χ4v) is 3.11. The van der Waals surface area contributed by atoms with Gasteiger partial charge in [0.1, 0.15) is 6.23 Å². The topological polar surface area (TPSA) is 69.6 Å². The molecule has 2 amide bonds. The number of benzene rings is 1. The van der Waals surface area contributed by atoms with Crippen LogP contribution in [0, 0.1) is 6.92 Å². The lowest BCUT2D eigenvalue weighted by atomic mass is 10.0. The first kappa shape index (κ1) is 13.5. The summed E-state index contributed by atoms with van der Waals surface area (Å²) in [7, 11) is 0. The van der Waals surface area contributed by atoms with E-state index in [0.717, 1.165) is 16.7 Å². The minimum atomic E-state index is -0.855. The Morgan fingerprint density at radius 1 is 1.40 bits per heavy atom. The van der Waals surface area contributed by atoms with Crippen LogP contribution in [0.1, 0.15) is 35.8 Å². The van der Waals surface area contributed by atoms with Crippen molar-refractivity contribution in [3.63, 3.8) is 0 Å². The summed E-state index contributed by atoms with van der Waals surface area (Å²) in [6.07, 6.45) is -0.137. The van der Waals surface area contributed by atoms with Gasteiger partial charge in [0.15, 0.2) is 0 Å². The molecule has 0 aromatic heterocycles. The molecular weight excluding hydrogens is 280 g/mol.